The van der Waals surface area contributed by atoms with E-state index >= 15 is 0 Å². The van der Waals surface area contributed by atoms with E-state index in [-0.39, 0.29) is 24.0 Å². The summed E-state index contributed by atoms with van der Waals surface area (Å²) in [5.74, 6) is 1.03. The first-order valence-corrected chi connectivity index (χ1v) is 11.4. The summed E-state index contributed by atoms with van der Waals surface area (Å²) < 4.78 is 34.9. The van der Waals surface area contributed by atoms with E-state index in [2.05, 4.69) is 26.0 Å². The molecule has 2 spiro atoms. The minimum absolute atomic E-state index is 0.104. The number of nitriles is 1. The third-order valence-electron chi connectivity index (χ3n) is 7.80. The average Bonchev–Trinajstić information content (AvgIpc) is 3.22. The standard InChI is InChI=1S/C27H31N3O3/c1-16-11-26(12-17(2)24(16)32-4)13-20-6-5-19(10-23(20)27(26)15-33-25(29)30-27)21-7-18(14-28)8-22(9-21)31-3/h5-10,16-17,24H,11-13,15H2,1-4H3,(H2,29,30)/t16-,17+,24?,26?,27-/m0/s1/i15D2. The minimum Gasteiger partial charge on any atom is -0.497 e. The summed E-state index contributed by atoms with van der Waals surface area (Å²) in [5, 5.41) is 9.49. The van der Waals surface area contributed by atoms with Crippen molar-refractivity contribution in [3.8, 4) is 22.9 Å². The maximum absolute atomic E-state index is 9.49. The number of methoxy groups -OCH3 is 2. The maximum Gasteiger partial charge on any atom is 0.283 e. The summed E-state index contributed by atoms with van der Waals surface area (Å²) in [7, 11) is 3.32. The average molecular weight is 448 g/mol. The topological polar surface area (TPSA) is 89.9 Å². The Labute approximate surface area is 198 Å². The lowest BCUT2D eigenvalue weighted by atomic mass is 9.57. The molecule has 0 aromatic heterocycles. The molecule has 6 heteroatoms. The lowest BCUT2D eigenvalue weighted by Crippen LogP contribution is -2.51. The highest BCUT2D eigenvalue weighted by atomic mass is 16.5. The molecule has 3 aliphatic rings. The zero-order valence-corrected chi connectivity index (χ0v) is 19.5. The molecule has 5 atom stereocenters. The number of nitrogens with zero attached hydrogens (tertiary/aromatic N) is 2. The first-order valence-electron chi connectivity index (χ1n) is 12.4. The number of ether oxygens (including phenoxy) is 3. The Hall–Kier alpha value is -3.04. The molecule has 1 saturated carbocycles. The quantitative estimate of drug-likeness (QED) is 0.753. The lowest BCUT2D eigenvalue weighted by Gasteiger charge is -2.50. The van der Waals surface area contributed by atoms with Gasteiger partial charge in [0.25, 0.3) is 6.02 Å². The Morgan fingerprint density at radius 1 is 1.15 bits per heavy atom. The summed E-state index contributed by atoms with van der Waals surface area (Å²) >= 11 is 0. The number of benzene rings is 2. The van der Waals surface area contributed by atoms with Gasteiger partial charge in [0.15, 0.2) is 0 Å². The number of nitrogens with two attached hydrogens (primary N) is 1. The van der Waals surface area contributed by atoms with Gasteiger partial charge in [0.2, 0.25) is 0 Å². The summed E-state index contributed by atoms with van der Waals surface area (Å²) in [5.41, 5.74) is 8.33. The van der Waals surface area contributed by atoms with Gasteiger partial charge in [-0.3, -0.25) is 0 Å². The lowest BCUT2D eigenvalue weighted by molar-refractivity contribution is -0.0779. The number of aliphatic imine (C=N–C) groups is 1. The van der Waals surface area contributed by atoms with Crippen LogP contribution in [0.25, 0.3) is 11.1 Å². The first kappa shape index (κ1) is 19.4. The number of rotatable bonds is 3. The van der Waals surface area contributed by atoms with Crippen LogP contribution in [0.1, 0.15) is 46.1 Å². The molecule has 6 nitrogen and oxygen atoms in total. The van der Waals surface area contributed by atoms with Crippen molar-refractivity contribution in [1.29, 1.82) is 5.26 Å². The summed E-state index contributed by atoms with van der Waals surface area (Å²) in [6.07, 6.45) is 2.29. The molecule has 2 N–H and O–H groups in total. The Balaban J connectivity index is 1.71. The van der Waals surface area contributed by atoms with Gasteiger partial charge >= 0.3 is 0 Å². The van der Waals surface area contributed by atoms with E-state index < -0.39 is 17.5 Å². The molecule has 2 aromatic carbocycles. The van der Waals surface area contributed by atoms with Crippen LogP contribution in [0.3, 0.4) is 0 Å². The van der Waals surface area contributed by atoms with E-state index in [1.54, 1.807) is 20.3 Å². The molecule has 0 bridgehead atoms. The summed E-state index contributed by atoms with van der Waals surface area (Å²) in [4.78, 5) is 4.79. The number of hydrogen-bond donors (Lipinski definition) is 1. The predicted molar refractivity (Wildman–Crippen MR) is 127 cm³/mol. The fourth-order valence-electron chi connectivity index (χ4n) is 6.67. The third-order valence-corrected chi connectivity index (χ3v) is 7.80. The van der Waals surface area contributed by atoms with Gasteiger partial charge in [-0.2, -0.15) is 5.26 Å². The van der Waals surface area contributed by atoms with Crippen LogP contribution < -0.4 is 10.5 Å². The van der Waals surface area contributed by atoms with Crippen molar-refractivity contribution >= 4 is 6.02 Å². The largest absolute Gasteiger partial charge is 0.497 e. The normalized spacial score (nSPS) is 34.8. The second-order valence-corrected chi connectivity index (χ2v) is 9.82. The van der Waals surface area contributed by atoms with Crippen LogP contribution in [0.2, 0.25) is 0 Å². The van der Waals surface area contributed by atoms with Crippen molar-refractivity contribution in [2.24, 2.45) is 28.0 Å². The SMILES string of the molecule is [2H]C1([2H])OC(N)=N[C@]12c1cc(-c3cc(C#N)cc(OC)c3)ccc1CC21C[C@@H](C)C(OC)[C@@H](C)C1. The van der Waals surface area contributed by atoms with Crippen molar-refractivity contribution in [3.63, 3.8) is 0 Å². The fraction of sp³-hybridized carbons (Fsp3) is 0.481. The van der Waals surface area contributed by atoms with E-state index in [1.165, 1.54) is 0 Å². The van der Waals surface area contributed by atoms with Gasteiger partial charge in [-0.15, -0.1) is 0 Å². The number of amidine groups is 1. The molecular formula is C27H31N3O3. The molecule has 172 valence electrons. The van der Waals surface area contributed by atoms with Crippen molar-refractivity contribution in [2.45, 2.75) is 44.8 Å². The van der Waals surface area contributed by atoms with Crippen LogP contribution in [0.4, 0.5) is 0 Å². The second-order valence-electron chi connectivity index (χ2n) is 9.82. The van der Waals surface area contributed by atoms with Gasteiger partial charge in [-0.25, -0.2) is 4.99 Å². The Bertz CT molecular complexity index is 1240. The Kier molecular flexibility index (Phi) is 4.58. The smallest absolute Gasteiger partial charge is 0.283 e. The fourth-order valence-corrected chi connectivity index (χ4v) is 6.67. The van der Waals surface area contributed by atoms with Crippen molar-refractivity contribution in [2.75, 3.05) is 20.8 Å². The molecule has 2 unspecified atom stereocenters. The maximum atomic E-state index is 9.49. The highest BCUT2D eigenvalue weighted by Crippen LogP contribution is 2.63. The van der Waals surface area contributed by atoms with Crippen LogP contribution >= 0.6 is 0 Å². The zero-order chi connectivity index (χ0) is 25.2. The zero-order valence-electron chi connectivity index (χ0n) is 21.5. The molecule has 33 heavy (non-hydrogen) atoms. The monoisotopic (exact) mass is 447 g/mol. The molecule has 0 saturated heterocycles. The van der Waals surface area contributed by atoms with Gasteiger partial charge in [0, 0.05) is 12.5 Å². The van der Waals surface area contributed by atoms with E-state index in [4.69, 9.17) is 27.7 Å². The first-order chi connectivity index (χ1) is 16.6. The van der Waals surface area contributed by atoms with Crippen LogP contribution in [0.5, 0.6) is 5.75 Å². The molecule has 5 rings (SSSR count). The van der Waals surface area contributed by atoms with Gasteiger partial charge in [0.05, 0.1) is 27.6 Å². The van der Waals surface area contributed by atoms with E-state index in [1.807, 2.05) is 24.3 Å². The van der Waals surface area contributed by atoms with E-state index in [0.29, 0.717) is 17.7 Å². The van der Waals surface area contributed by atoms with E-state index in [9.17, 15) is 5.26 Å². The van der Waals surface area contributed by atoms with Crippen molar-refractivity contribution in [3.05, 3.63) is 53.1 Å². The van der Waals surface area contributed by atoms with Crippen LogP contribution in [-0.2, 0) is 21.4 Å². The molecule has 0 radical (unpaired) electrons. The molecular weight excluding hydrogens is 414 g/mol. The van der Waals surface area contributed by atoms with Gasteiger partial charge < -0.3 is 19.9 Å². The summed E-state index contributed by atoms with van der Waals surface area (Å²) in [6, 6.07) is 13.5. The van der Waals surface area contributed by atoms with Gasteiger partial charge in [-0.05, 0) is 77.6 Å². The Morgan fingerprint density at radius 3 is 2.52 bits per heavy atom. The van der Waals surface area contributed by atoms with Crippen LogP contribution in [-0.4, -0.2) is 32.9 Å². The highest BCUT2D eigenvalue weighted by Gasteiger charge is 2.63. The Morgan fingerprint density at radius 2 is 1.91 bits per heavy atom. The third kappa shape index (κ3) is 3.21. The van der Waals surface area contributed by atoms with Crippen molar-refractivity contribution in [1.82, 2.24) is 0 Å². The van der Waals surface area contributed by atoms with Gasteiger partial charge in [0.1, 0.15) is 17.8 Å². The van der Waals surface area contributed by atoms with Crippen LogP contribution in [0, 0.1) is 28.6 Å². The molecule has 0 amide bonds. The molecule has 1 aliphatic heterocycles. The molecule has 1 fully saturated rings. The highest BCUT2D eigenvalue weighted by molar-refractivity contribution is 5.76. The molecule has 1 heterocycles. The summed E-state index contributed by atoms with van der Waals surface area (Å²) in [6.45, 7) is 2.24. The predicted octanol–water partition coefficient (Wildman–Crippen LogP) is 4.40. The molecule has 2 aromatic rings. The minimum atomic E-state index is -2.10. The van der Waals surface area contributed by atoms with Crippen LogP contribution in [0.15, 0.2) is 41.4 Å². The number of fused-ring (bicyclic) bond motifs is 3. The molecule has 2 aliphatic carbocycles. The second kappa shape index (κ2) is 7.78. The van der Waals surface area contributed by atoms with Gasteiger partial charge in [-0.1, -0.05) is 26.0 Å². The van der Waals surface area contributed by atoms with E-state index in [0.717, 1.165) is 35.1 Å². The number of hydrogen-bond acceptors (Lipinski definition) is 6. The van der Waals surface area contributed by atoms with Crippen molar-refractivity contribution < 1.29 is 17.0 Å².